The molecule has 0 aromatic heterocycles. The van der Waals surface area contributed by atoms with Gasteiger partial charge in [-0.25, -0.2) is 4.39 Å². The molecule has 0 aliphatic carbocycles. The summed E-state index contributed by atoms with van der Waals surface area (Å²) < 4.78 is 12.8. The van der Waals surface area contributed by atoms with Gasteiger partial charge in [-0.05, 0) is 55.3 Å². The van der Waals surface area contributed by atoms with Crippen molar-refractivity contribution in [2.24, 2.45) is 0 Å². The summed E-state index contributed by atoms with van der Waals surface area (Å²) in [5, 5.41) is 2.75. The Morgan fingerprint density at radius 2 is 1.72 bits per heavy atom. The van der Waals surface area contributed by atoms with Crippen LogP contribution in [0.25, 0.3) is 0 Å². The lowest BCUT2D eigenvalue weighted by Crippen LogP contribution is -2.13. The molecule has 0 unspecified atom stereocenters. The molecular weight excluding hydrogens is 229 g/mol. The van der Waals surface area contributed by atoms with Gasteiger partial charge >= 0.3 is 0 Å². The quantitative estimate of drug-likeness (QED) is 0.856. The molecule has 2 aromatic carbocycles. The fourth-order valence-corrected chi connectivity index (χ4v) is 1.73. The van der Waals surface area contributed by atoms with Crippen molar-refractivity contribution in [1.82, 2.24) is 0 Å². The summed E-state index contributed by atoms with van der Waals surface area (Å²) >= 11 is 0. The highest BCUT2D eigenvalue weighted by Crippen LogP contribution is 2.15. The number of hydrogen-bond donors (Lipinski definition) is 1. The van der Waals surface area contributed by atoms with Gasteiger partial charge in [-0.1, -0.05) is 12.1 Å². The number of benzene rings is 2. The number of aryl methyl sites for hydroxylation is 1. The maximum atomic E-state index is 12.8. The van der Waals surface area contributed by atoms with Crippen LogP contribution in [0, 0.1) is 19.7 Å². The van der Waals surface area contributed by atoms with Gasteiger partial charge in [0.15, 0.2) is 0 Å². The molecule has 0 aliphatic rings. The highest BCUT2D eigenvalue weighted by Gasteiger charge is 2.10. The lowest BCUT2D eigenvalue weighted by Gasteiger charge is -2.09. The molecule has 3 heteroatoms. The molecule has 0 radical (unpaired) electrons. The molecule has 0 aliphatic heterocycles. The van der Waals surface area contributed by atoms with Gasteiger partial charge in [0.05, 0.1) is 0 Å². The van der Waals surface area contributed by atoms with E-state index in [1.165, 1.54) is 12.1 Å². The number of hydrogen-bond acceptors (Lipinski definition) is 1. The van der Waals surface area contributed by atoms with Gasteiger partial charge in [0.2, 0.25) is 0 Å². The molecule has 1 N–H and O–H groups in total. The largest absolute Gasteiger partial charge is 0.322 e. The summed E-state index contributed by atoms with van der Waals surface area (Å²) in [6.45, 7) is 3.87. The number of carbonyl (C=O) groups excluding carboxylic acids is 1. The van der Waals surface area contributed by atoms with Gasteiger partial charge in [0.25, 0.3) is 5.91 Å². The molecule has 2 nitrogen and oxygen atoms in total. The molecule has 0 saturated heterocycles. The summed E-state index contributed by atoms with van der Waals surface area (Å²) in [6, 6.07) is 11.3. The van der Waals surface area contributed by atoms with Crippen LogP contribution in [-0.4, -0.2) is 5.91 Å². The van der Waals surface area contributed by atoms with Crippen molar-refractivity contribution in [3.63, 3.8) is 0 Å². The molecule has 0 heterocycles. The van der Waals surface area contributed by atoms with Crippen molar-refractivity contribution >= 4 is 11.6 Å². The van der Waals surface area contributed by atoms with Crippen LogP contribution in [0.3, 0.4) is 0 Å². The minimum absolute atomic E-state index is 0.178. The van der Waals surface area contributed by atoms with Crippen LogP contribution in [0.4, 0.5) is 10.1 Å². The first-order valence-corrected chi connectivity index (χ1v) is 5.71. The van der Waals surface area contributed by atoms with Crippen LogP contribution in [0.1, 0.15) is 21.5 Å². The minimum Gasteiger partial charge on any atom is -0.322 e. The topological polar surface area (TPSA) is 29.1 Å². The van der Waals surface area contributed by atoms with Crippen molar-refractivity contribution in [3.05, 3.63) is 65.0 Å². The molecule has 2 aromatic rings. The second-order valence-electron chi connectivity index (χ2n) is 4.21. The van der Waals surface area contributed by atoms with Crippen molar-refractivity contribution in [2.45, 2.75) is 13.8 Å². The summed E-state index contributed by atoms with van der Waals surface area (Å²) in [7, 11) is 0. The number of anilines is 1. The second kappa shape index (κ2) is 5.00. The third kappa shape index (κ3) is 2.56. The number of rotatable bonds is 2. The SMILES string of the molecule is Cc1cccc(C(=O)Nc2ccc(F)cc2)c1C. The number of halogens is 1. The Bertz CT molecular complexity index is 576. The Balaban J connectivity index is 2.22. The van der Waals surface area contributed by atoms with Crippen LogP contribution >= 0.6 is 0 Å². The van der Waals surface area contributed by atoms with Crippen molar-refractivity contribution < 1.29 is 9.18 Å². The third-order valence-corrected chi connectivity index (χ3v) is 2.95. The fourth-order valence-electron chi connectivity index (χ4n) is 1.73. The van der Waals surface area contributed by atoms with Crippen LogP contribution in [0.5, 0.6) is 0 Å². The van der Waals surface area contributed by atoms with E-state index in [0.29, 0.717) is 11.3 Å². The summed E-state index contributed by atoms with van der Waals surface area (Å²) in [6.07, 6.45) is 0. The van der Waals surface area contributed by atoms with E-state index in [4.69, 9.17) is 0 Å². The molecule has 92 valence electrons. The third-order valence-electron chi connectivity index (χ3n) is 2.95. The number of carbonyl (C=O) groups is 1. The highest BCUT2D eigenvalue weighted by molar-refractivity contribution is 6.05. The number of nitrogens with one attached hydrogen (secondary N) is 1. The van der Waals surface area contributed by atoms with E-state index in [0.717, 1.165) is 11.1 Å². The molecular formula is C15H14FNO. The van der Waals surface area contributed by atoms with Gasteiger partial charge in [-0.2, -0.15) is 0 Å². The van der Waals surface area contributed by atoms with Gasteiger partial charge in [-0.15, -0.1) is 0 Å². The van der Waals surface area contributed by atoms with Crippen LogP contribution in [0.15, 0.2) is 42.5 Å². The van der Waals surface area contributed by atoms with Crippen LogP contribution in [0.2, 0.25) is 0 Å². The predicted octanol–water partition coefficient (Wildman–Crippen LogP) is 3.69. The second-order valence-corrected chi connectivity index (χ2v) is 4.21. The van der Waals surface area contributed by atoms with E-state index in [1.807, 2.05) is 26.0 Å². The fraction of sp³-hybridized carbons (Fsp3) is 0.133. The highest BCUT2D eigenvalue weighted by atomic mass is 19.1. The summed E-state index contributed by atoms with van der Waals surface area (Å²) in [4.78, 5) is 12.1. The van der Waals surface area contributed by atoms with Gasteiger partial charge in [0.1, 0.15) is 5.82 Å². The Hall–Kier alpha value is -2.16. The van der Waals surface area contributed by atoms with Crippen molar-refractivity contribution in [1.29, 1.82) is 0 Å². The average Bonchev–Trinajstić information content (AvgIpc) is 2.35. The summed E-state index contributed by atoms with van der Waals surface area (Å²) in [5.41, 5.74) is 3.25. The first-order chi connectivity index (χ1) is 8.58. The monoisotopic (exact) mass is 243 g/mol. The van der Waals surface area contributed by atoms with Gasteiger partial charge < -0.3 is 5.32 Å². The maximum Gasteiger partial charge on any atom is 0.255 e. The predicted molar refractivity (Wildman–Crippen MR) is 70.3 cm³/mol. The Labute approximate surface area is 105 Å². The molecule has 0 spiro atoms. The first kappa shape index (κ1) is 12.3. The maximum absolute atomic E-state index is 12.8. The Morgan fingerprint density at radius 1 is 1.06 bits per heavy atom. The van der Waals surface area contributed by atoms with E-state index in [-0.39, 0.29) is 11.7 Å². The van der Waals surface area contributed by atoms with E-state index in [2.05, 4.69) is 5.32 Å². The zero-order valence-electron chi connectivity index (χ0n) is 10.3. The molecule has 0 atom stereocenters. The van der Waals surface area contributed by atoms with Crippen molar-refractivity contribution in [2.75, 3.05) is 5.32 Å². The Kier molecular flexibility index (Phi) is 3.42. The van der Waals surface area contributed by atoms with Crippen LogP contribution < -0.4 is 5.32 Å². The Morgan fingerprint density at radius 3 is 2.39 bits per heavy atom. The average molecular weight is 243 g/mol. The molecule has 1 amide bonds. The smallest absolute Gasteiger partial charge is 0.255 e. The van der Waals surface area contributed by atoms with Gasteiger partial charge in [0, 0.05) is 11.3 Å². The molecule has 0 fully saturated rings. The lowest BCUT2D eigenvalue weighted by atomic mass is 10.0. The van der Waals surface area contributed by atoms with Gasteiger partial charge in [-0.3, -0.25) is 4.79 Å². The van der Waals surface area contributed by atoms with E-state index in [1.54, 1.807) is 18.2 Å². The van der Waals surface area contributed by atoms with E-state index in [9.17, 15) is 9.18 Å². The zero-order chi connectivity index (χ0) is 13.1. The molecule has 0 saturated carbocycles. The van der Waals surface area contributed by atoms with Crippen LogP contribution in [-0.2, 0) is 0 Å². The first-order valence-electron chi connectivity index (χ1n) is 5.71. The standard InChI is InChI=1S/C15H14FNO/c1-10-4-3-5-14(11(10)2)15(18)17-13-8-6-12(16)7-9-13/h3-9H,1-2H3,(H,17,18). The summed E-state index contributed by atoms with van der Waals surface area (Å²) in [5.74, 6) is -0.498. The normalized spacial score (nSPS) is 10.2. The molecule has 0 bridgehead atoms. The number of amides is 1. The van der Waals surface area contributed by atoms with E-state index >= 15 is 0 Å². The molecule has 18 heavy (non-hydrogen) atoms. The molecule has 2 rings (SSSR count). The lowest BCUT2D eigenvalue weighted by molar-refractivity contribution is 0.102. The minimum atomic E-state index is -0.320. The van der Waals surface area contributed by atoms with E-state index < -0.39 is 0 Å². The van der Waals surface area contributed by atoms with Crippen molar-refractivity contribution in [3.8, 4) is 0 Å². The zero-order valence-corrected chi connectivity index (χ0v) is 10.3.